The van der Waals surface area contributed by atoms with Gasteiger partial charge in [-0.1, -0.05) is 47.7 Å². The number of aryl methyl sites for hydroxylation is 1. The molecule has 16 nitrogen and oxygen atoms in total. The van der Waals surface area contributed by atoms with Gasteiger partial charge < -0.3 is 19.7 Å². The van der Waals surface area contributed by atoms with Gasteiger partial charge in [-0.2, -0.15) is 5.10 Å². The zero-order valence-corrected chi connectivity index (χ0v) is 41.9. The van der Waals surface area contributed by atoms with E-state index in [0.29, 0.717) is 77.7 Å². The zero-order valence-electron chi connectivity index (χ0n) is 41.0. The number of hydrogen-bond donors (Lipinski definition) is 3. The van der Waals surface area contributed by atoms with Crippen molar-refractivity contribution in [3.8, 4) is 16.9 Å². The van der Waals surface area contributed by atoms with Gasteiger partial charge in [0.05, 0.1) is 40.5 Å². The SMILES string of the molecule is Cc1c(OCC[C@H]2CCN(CC(=O)Nc3ccc4c(C5CCC(=O)NC5=O)nn(C)c4c3)C2)cccc1-c1ccc(N2CCc3cccc(C(=O)Nc4nc5ccccc5s4)c3C2)nc1C(=O)OC(C)(C)C. The highest BCUT2D eigenvalue weighted by Gasteiger charge is 2.33. The largest absolute Gasteiger partial charge is 0.493 e. The minimum absolute atomic E-state index is 0.114. The van der Waals surface area contributed by atoms with E-state index in [1.54, 1.807) is 11.7 Å². The van der Waals surface area contributed by atoms with Crippen LogP contribution in [0.2, 0.25) is 0 Å². The summed E-state index contributed by atoms with van der Waals surface area (Å²) in [6.45, 7) is 10.9. The highest BCUT2D eigenvalue weighted by atomic mass is 32.1. The van der Waals surface area contributed by atoms with Crippen LogP contribution in [0.3, 0.4) is 0 Å². The Hall–Kier alpha value is -7.50. The Bertz CT molecular complexity index is 3250. The molecule has 370 valence electrons. The van der Waals surface area contributed by atoms with Crippen LogP contribution in [0.5, 0.6) is 5.75 Å². The van der Waals surface area contributed by atoms with E-state index in [2.05, 4.69) is 41.9 Å². The summed E-state index contributed by atoms with van der Waals surface area (Å²) in [5, 5.41) is 14.4. The maximum atomic E-state index is 14.1. The van der Waals surface area contributed by atoms with Gasteiger partial charge in [0.25, 0.3) is 5.91 Å². The summed E-state index contributed by atoms with van der Waals surface area (Å²) in [6, 6.07) is 28.8. The summed E-state index contributed by atoms with van der Waals surface area (Å²) in [4.78, 5) is 79.3. The number of hydrogen-bond acceptors (Lipinski definition) is 13. The number of nitrogens with one attached hydrogen (secondary N) is 3. The Morgan fingerprint density at radius 3 is 2.54 bits per heavy atom. The molecule has 3 aliphatic heterocycles. The van der Waals surface area contributed by atoms with Crippen LogP contribution in [0, 0.1) is 12.8 Å². The minimum atomic E-state index is -0.761. The van der Waals surface area contributed by atoms with Crippen LogP contribution in [-0.2, 0) is 39.1 Å². The summed E-state index contributed by atoms with van der Waals surface area (Å²) in [5.74, 6) is -0.320. The van der Waals surface area contributed by atoms with Gasteiger partial charge in [0, 0.05) is 55.3 Å². The second-order valence-corrected chi connectivity index (χ2v) is 20.9. The number of ether oxygens (including phenoxy) is 2. The number of imide groups is 1. The molecule has 0 saturated carbocycles. The molecule has 17 heteroatoms. The Balaban J connectivity index is 0.777. The lowest BCUT2D eigenvalue weighted by Gasteiger charge is -2.31. The van der Waals surface area contributed by atoms with Crippen molar-refractivity contribution in [2.45, 2.75) is 77.9 Å². The number of esters is 1. The molecular weight excluding hydrogens is 931 g/mol. The molecule has 3 N–H and O–H groups in total. The van der Waals surface area contributed by atoms with Crippen molar-refractivity contribution in [1.29, 1.82) is 0 Å². The molecule has 0 bridgehead atoms. The molecule has 7 aromatic rings. The Morgan fingerprint density at radius 2 is 1.72 bits per heavy atom. The van der Waals surface area contributed by atoms with Crippen LogP contribution >= 0.6 is 11.3 Å². The number of benzene rings is 4. The minimum Gasteiger partial charge on any atom is -0.493 e. The molecular formula is C55H57N9O7S. The van der Waals surface area contributed by atoms with Crippen molar-refractivity contribution in [3.05, 3.63) is 125 Å². The third-order valence-corrected chi connectivity index (χ3v) is 14.6. The van der Waals surface area contributed by atoms with E-state index < -0.39 is 17.5 Å². The first-order chi connectivity index (χ1) is 34.6. The van der Waals surface area contributed by atoms with Crippen LogP contribution in [0.4, 0.5) is 16.6 Å². The lowest BCUT2D eigenvalue weighted by atomic mass is 9.93. The van der Waals surface area contributed by atoms with Gasteiger partial charge in [-0.05, 0) is 143 Å². The lowest BCUT2D eigenvalue weighted by Crippen LogP contribution is -2.39. The van der Waals surface area contributed by atoms with E-state index in [1.807, 2.05) is 113 Å². The fraction of sp³-hybridized carbons (Fsp3) is 0.345. The molecule has 3 aromatic heterocycles. The molecule has 0 spiro atoms. The van der Waals surface area contributed by atoms with Gasteiger partial charge in [0.2, 0.25) is 17.7 Å². The second-order valence-electron chi connectivity index (χ2n) is 19.9. The van der Waals surface area contributed by atoms with Crippen molar-refractivity contribution in [1.82, 2.24) is 30.0 Å². The lowest BCUT2D eigenvalue weighted by molar-refractivity contribution is -0.134. The van der Waals surface area contributed by atoms with Crippen molar-refractivity contribution < 1.29 is 33.4 Å². The fourth-order valence-electron chi connectivity index (χ4n) is 10.1. The normalized spacial score (nSPS) is 17.2. The van der Waals surface area contributed by atoms with Gasteiger partial charge in [-0.15, -0.1) is 0 Å². The van der Waals surface area contributed by atoms with Crippen LogP contribution in [-0.4, -0.2) is 92.6 Å². The number of para-hydroxylation sites is 1. The van der Waals surface area contributed by atoms with Gasteiger partial charge in [0.15, 0.2) is 10.8 Å². The van der Waals surface area contributed by atoms with Gasteiger partial charge >= 0.3 is 5.97 Å². The number of nitrogens with zero attached hydrogens (tertiary/aromatic N) is 6. The summed E-state index contributed by atoms with van der Waals surface area (Å²) >= 11 is 1.44. The van der Waals surface area contributed by atoms with Crippen LogP contribution in [0.15, 0.2) is 91.0 Å². The number of carbonyl (C=O) groups is 5. The monoisotopic (exact) mass is 987 g/mol. The predicted molar refractivity (Wildman–Crippen MR) is 277 cm³/mol. The number of piperidine rings is 1. The van der Waals surface area contributed by atoms with Crippen molar-refractivity contribution in [2.75, 3.05) is 48.3 Å². The highest BCUT2D eigenvalue weighted by Crippen LogP contribution is 2.37. The van der Waals surface area contributed by atoms with E-state index in [1.165, 1.54) is 11.3 Å². The molecule has 4 aromatic carbocycles. The maximum Gasteiger partial charge on any atom is 0.358 e. The quantitative estimate of drug-likeness (QED) is 0.0739. The Kier molecular flexibility index (Phi) is 13.3. The molecule has 0 aliphatic carbocycles. The van der Waals surface area contributed by atoms with Crippen molar-refractivity contribution >= 4 is 78.7 Å². The maximum absolute atomic E-state index is 14.1. The number of amides is 4. The number of fused-ring (bicyclic) bond motifs is 3. The van der Waals surface area contributed by atoms with Crippen LogP contribution in [0.1, 0.15) is 95.6 Å². The van der Waals surface area contributed by atoms with Crippen molar-refractivity contribution in [3.63, 3.8) is 0 Å². The average molecular weight is 988 g/mol. The van der Waals surface area contributed by atoms with E-state index >= 15 is 0 Å². The van der Waals surface area contributed by atoms with E-state index in [0.717, 1.165) is 69.3 Å². The van der Waals surface area contributed by atoms with E-state index in [4.69, 9.17) is 14.5 Å². The molecule has 3 aliphatic rings. The first-order valence-electron chi connectivity index (χ1n) is 24.5. The number of likely N-dealkylation sites (tertiary alicyclic amines) is 1. The number of thiazole rings is 1. The molecule has 2 fully saturated rings. The zero-order chi connectivity index (χ0) is 50.3. The Morgan fingerprint density at radius 1 is 0.889 bits per heavy atom. The molecule has 4 amide bonds. The molecule has 6 heterocycles. The van der Waals surface area contributed by atoms with Gasteiger partial charge in [-0.25, -0.2) is 14.8 Å². The molecule has 2 atom stereocenters. The number of anilines is 3. The van der Waals surface area contributed by atoms with Crippen LogP contribution < -0.4 is 25.6 Å². The number of carbonyl (C=O) groups excluding carboxylic acids is 5. The predicted octanol–water partition coefficient (Wildman–Crippen LogP) is 8.57. The van der Waals surface area contributed by atoms with Crippen molar-refractivity contribution in [2.24, 2.45) is 13.0 Å². The smallest absolute Gasteiger partial charge is 0.358 e. The molecule has 1 unspecified atom stereocenters. The molecule has 10 rings (SSSR count). The average Bonchev–Trinajstić information content (AvgIpc) is 4.07. The summed E-state index contributed by atoms with van der Waals surface area (Å²) < 4.78 is 15.1. The number of rotatable bonds is 13. The Labute approximate surface area is 421 Å². The highest BCUT2D eigenvalue weighted by molar-refractivity contribution is 7.22. The summed E-state index contributed by atoms with van der Waals surface area (Å²) in [7, 11) is 1.80. The fourth-order valence-corrected chi connectivity index (χ4v) is 10.9. The third kappa shape index (κ3) is 10.3. The molecule has 72 heavy (non-hydrogen) atoms. The second kappa shape index (κ2) is 20.0. The molecule has 0 radical (unpaired) electrons. The van der Waals surface area contributed by atoms with Gasteiger partial charge in [-0.3, -0.25) is 39.4 Å². The summed E-state index contributed by atoms with van der Waals surface area (Å²) in [6.07, 6.45) is 3.12. The van der Waals surface area contributed by atoms with Crippen LogP contribution in [0.25, 0.3) is 32.2 Å². The number of aromatic nitrogens is 4. The van der Waals surface area contributed by atoms with E-state index in [-0.39, 0.29) is 42.3 Å². The summed E-state index contributed by atoms with van der Waals surface area (Å²) in [5.41, 5.74) is 7.21. The van der Waals surface area contributed by atoms with Gasteiger partial charge in [0.1, 0.15) is 17.2 Å². The third-order valence-electron chi connectivity index (χ3n) is 13.7. The molecule has 2 saturated heterocycles. The van der Waals surface area contributed by atoms with E-state index in [9.17, 15) is 24.0 Å². The first kappa shape index (κ1) is 48.1. The topological polar surface area (TPSA) is 190 Å². The number of pyridine rings is 1. The first-order valence-corrected chi connectivity index (χ1v) is 25.3. The standard InChI is InChI=1S/C55H57N9O7S/c1-32-36(11-9-14-44(32)70-27-24-33-22-25-63(29-33)31-48(66)56-35-16-17-39-43(28-35)62(5)61-49(39)40-19-21-47(65)59-52(40)68)37-18-20-46(58-50(37)53(69)71-55(2,3)4)64-26-23-34-10-8-12-38(41(34)30-64)51(67)60-54-57-42-13-6-7-15-45(42)72-54/h6-18,20,28,33,40H,19,21-27,29-31H2,1-5H3,(H,56,66)(H,57,60,67)(H,59,65,68)/t33-,40?/m1/s1.